The van der Waals surface area contributed by atoms with Gasteiger partial charge < -0.3 is 20.7 Å². The number of hydrogen-bond donors (Lipinski definition) is 5. The van der Waals surface area contributed by atoms with E-state index in [0.717, 1.165) is 49.0 Å². The van der Waals surface area contributed by atoms with Crippen LogP contribution in [0.2, 0.25) is 0 Å². The molecule has 7 aliphatic rings. The van der Waals surface area contributed by atoms with E-state index in [1.54, 1.807) is 11.8 Å². The summed E-state index contributed by atoms with van der Waals surface area (Å²) in [5.41, 5.74) is -0.216. The maximum Gasteiger partial charge on any atom is 0.249 e. The molecule has 7 fully saturated rings. The molecule has 3 aliphatic carbocycles. The zero-order valence-electron chi connectivity index (χ0n) is 35.4. The van der Waals surface area contributed by atoms with Gasteiger partial charge in [0.15, 0.2) is 0 Å². The van der Waals surface area contributed by atoms with Gasteiger partial charge in [0.25, 0.3) is 0 Å². The van der Waals surface area contributed by atoms with Crippen LogP contribution in [-0.4, -0.2) is 127 Å². The summed E-state index contributed by atoms with van der Waals surface area (Å²) in [6, 6.07) is -0.639. The molecular weight excluding hydrogens is 827 g/mol. The Morgan fingerprint density at radius 1 is 0.852 bits per heavy atom. The zero-order valence-corrected chi connectivity index (χ0v) is 37.0. The number of hydrogen-bond acceptors (Lipinski definition) is 12. The Bertz CT molecular complexity index is 1780. The molecule has 11 atom stereocenters. The van der Waals surface area contributed by atoms with E-state index in [-0.39, 0.29) is 61.0 Å². The Morgan fingerprint density at radius 2 is 1.61 bits per heavy atom. The second kappa shape index (κ2) is 20.6. The van der Waals surface area contributed by atoms with Crippen molar-refractivity contribution in [3.8, 4) is 0 Å². The molecule has 17 nitrogen and oxygen atoms in total. The number of amides is 7. The first kappa shape index (κ1) is 45.9. The van der Waals surface area contributed by atoms with Gasteiger partial charge in [0, 0.05) is 50.9 Å². The van der Waals surface area contributed by atoms with Gasteiger partial charge in [0.1, 0.15) is 11.5 Å². The van der Waals surface area contributed by atoms with Gasteiger partial charge in [-0.2, -0.15) is 0 Å². The largest absolute Gasteiger partial charge is 0.377 e. The van der Waals surface area contributed by atoms with Crippen LogP contribution in [0.1, 0.15) is 109 Å². The first-order chi connectivity index (χ1) is 29.2. The van der Waals surface area contributed by atoms with Gasteiger partial charge in [-0.25, -0.2) is 12.7 Å². The topological polar surface area (TPSA) is 229 Å². The molecule has 4 heterocycles. The predicted octanol–water partition coefficient (Wildman–Crippen LogP) is 1.36. The summed E-state index contributed by atoms with van der Waals surface area (Å²) < 4.78 is 31.0. The maximum atomic E-state index is 13.4. The van der Waals surface area contributed by atoms with Crippen molar-refractivity contribution in [2.75, 3.05) is 44.8 Å². The van der Waals surface area contributed by atoms with Crippen molar-refractivity contribution < 1.29 is 46.7 Å². The number of likely N-dealkylation sites (tertiary alicyclic amines) is 1. The average molecular weight is 892 g/mol. The lowest BCUT2D eigenvalue weighted by molar-refractivity contribution is -0.152. The van der Waals surface area contributed by atoms with E-state index in [9.17, 15) is 42.0 Å². The maximum absolute atomic E-state index is 13.4. The summed E-state index contributed by atoms with van der Waals surface area (Å²) in [4.78, 5) is 90.0. The summed E-state index contributed by atoms with van der Waals surface area (Å²) in [7, 11) is -3.34. The smallest absolute Gasteiger partial charge is 0.249 e. The molecule has 0 radical (unpaired) electrons. The molecule has 11 unspecified atom stereocenters. The van der Waals surface area contributed by atoms with Crippen LogP contribution in [0.4, 0.5) is 0 Å². The predicted molar refractivity (Wildman–Crippen MR) is 225 cm³/mol. The zero-order chi connectivity index (χ0) is 43.3. The standard InChI is InChI=1S/C42H65N7O10S2/c1-61(57,58)48-17-16-29(23-48)38(53)44-22-36(52)47-42-45-31(24-60-42)28-10-5-9-27(20-28)26-8-4-7-25(19-26)21-43-34(50)13-2-3-18-59-33-12-6-11-30-37(33)41(56)49(40(30)55)32-14-15-35(51)46-39(32)54/h25-33,37,42,45H,2-24H2,1H3,(H,43,50)(H,44,53)(H,47,52)(H,46,51,54). The van der Waals surface area contributed by atoms with E-state index in [2.05, 4.69) is 26.6 Å². The number of nitrogens with zero attached hydrogens (tertiary/aromatic N) is 2. The van der Waals surface area contributed by atoms with Crippen LogP contribution >= 0.6 is 11.8 Å². The van der Waals surface area contributed by atoms with Crippen molar-refractivity contribution in [2.24, 2.45) is 41.4 Å². The highest BCUT2D eigenvalue weighted by molar-refractivity contribution is 8.00. The molecule has 7 amide bonds. The Morgan fingerprint density at radius 3 is 2.38 bits per heavy atom. The quantitative estimate of drug-likeness (QED) is 0.109. The normalized spacial score (nSPS) is 34.8. The van der Waals surface area contributed by atoms with E-state index in [0.29, 0.717) is 87.9 Å². The van der Waals surface area contributed by atoms with Crippen molar-refractivity contribution in [2.45, 2.75) is 133 Å². The van der Waals surface area contributed by atoms with Gasteiger partial charge in [0.2, 0.25) is 51.4 Å². The number of carbonyl (C=O) groups is 7. The number of fused-ring (bicyclic) bond motifs is 1. The third kappa shape index (κ3) is 11.5. The lowest BCUT2D eigenvalue weighted by Crippen LogP contribution is -2.54. The van der Waals surface area contributed by atoms with Crippen LogP contribution in [0.5, 0.6) is 0 Å². The van der Waals surface area contributed by atoms with Gasteiger partial charge in [-0.05, 0) is 87.9 Å². The summed E-state index contributed by atoms with van der Waals surface area (Å²) in [5, 5.41) is 14.8. The SMILES string of the molecule is CS(=O)(=O)N1CCC(C(=O)NCC(=O)NC2NC(C3CCCC(C4CCCC(CNC(=O)CCCCOC5CCCC6C(=O)N(C7CCC(=O)NC7=O)C(=O)C56)C4)C3)CS2)C1. The van der Waals surface area contributed by atoms with Crippen molar-refractivity contribution in [3.05, 3.63) is 0 Å². The van der Waals surface area contributed by atoms with Crippen molar-refractivity contribution in [1.82, 2.24) is 35.8 Å². The lowest BCUT2D eigenvalue weighted by Gasteiger charge is -2.40. The average Bonchev–Trinajstić information content (AvgIpc) is 3.99. The number of rotatable bonds is 16. The van der Waals surface area contributed by atoms with E-state index < -0.39 is 51.7 Å². The third-order valence-electron chi connectivity index (χ3n) is 14.5. The van der Waals surface area contributed by atoms with Crippen LogP contribution in [0, 0.1) is 41.4 Å². The molecular formula is C42H65N7O10S2. The molecule has 7 rings (SSSR count). The molecule has 0 spiro atoms. The van der Waals surface area contributed by atoms with Crippen molar-refractivity contribution in [1.29, 1.82) is 0 Å². The van der Waals surface area contributed by atoms with Crippen LogP contribution in [-0.2, 0) is 48.3 Å². The monoisotopic (exact) mass is 891 g/mol. The van der Waals surface area contributed by atoms with Gasteiger partial charge in [-0.15, -0.1) is 11.8 Å². The highest BCUT2D eigenvalue weighted by Crippen LogP contribution is 2.44. The number of unbranched alkanes of at least 4 members (excludes halogenated alkanes) is 1. The van der Waals surface area contributed by atoms with Crippen LogP contribution in [0.3, 0.4) is 0 Å². The number of ether oxygens (including phenoxy) is 1. The minimum absolute atomic E-state index is 0.0395. The highest BCUT2D eigenvalue weighted by atomic mass is 32.2. The Labute approximate surface area is 363 Å². The molecule has 0 aromatic carbocycles. The van der Waals surface area contributed by atoms with Gasteiger partial charge >= 0.3 is 0 Å². The van der Waals surface area contributed by atoms with Gasteiger partial charge in [-0.1, -0.05) is 32.1 Å². The Kier molecular flexibility index (Phi) is 15.5. The van der Waals surface area contributed by atoms with Gasteiger partial charge in [0.05, 0.1) is 36.7 Å². The molecule has 61 heavy (non-hydrogen) atoms. The number of nitrogens with one attached hydrogen (secondary N) is 5. The molecule has 19 heteroatoms. The third-order valence-corrected chi connectivity index (χ3v) is 16.9. The second-order valence-electron chi connectivity index (χ2n) is 18.6. The first-order valence-corrected chi connectivity index (χ1v) is 25.6. The highest BCUT2D eigenvalue weighted by Gasteiger charge is 2.56. The molecule has 4 saturated heterocycles. The fourth-order valence-electron chi connectivity index (χ4n) is 11.2. The number of thioether (sulfide) groups is 1. The number of sulfonamides is 1. The fourth-order valence-corrected chi connectivity index (χ4v) is 13.4. The first-order valence-electron chi connectivity index (χ1n) is 22.7. The fraction of sp³-hybridized carbons (Fsp3) is 0.833. The molecule has 5 N–H and O–H groups in total. The number of imide groups is 2. The number of carbonyl (C=O) groups excluding carboxylic acids is 7. The van der Waals surface area contributed by atoms with Crippen molar-refractivity contribution >= 4 is 63.1 Å². The van der Waals surface area contributed by atoms with E-state index in [1.807, 2.05) is 0 Å². The molecule has 3 saturated carbocycles. The minimum atomic E-state index is -3.34. The Balaban J connectivity index is 0.761. The Hall–Kier alpha value is -3.13. The van der Waals surface area contributed by atoms with Crippen molar-refractivity contribution in [3.63, 3.8) is 0 Å². The molecule has 4 aliphatic heterocycles. The van der Waals surface area contributed by atoms with Crippen LogP contribution in [0.25, 0.3) is 0 Å². The summed E-state index contributed by atoms with van der Waals surface area (Å²) in [6.07, 6.45) is 14.5. The number of piperidine rings is 1. The second-order valence-corrected chi connectivity index (χ2v) is 21.7. The van der Waals surface area contributed by atoms with E-state index in [4.69, 9.17) is 4.74 Å². The summed E-state index contributed by atoms with van der Waals surface area (Å²) >= 11 is 1.68. The lowest BCUT2D eigenvalue weighted by atomic mass is 9.67. The molecule has 0 aromatic rings. The van der Waals surface area contributed by atoms with Crippen LogP contribution in [0.15, 0.2) is 0 Å². The van der Waals surface area contributed by atoms with Gasteiger partial charge in [-0.3, -0.25) is 49.1 Å². The van der Waals surface area contributed by atoms with Crippen LogP contribution < -0.4 is 26.6 Å². The van der Waals surface area contributed by atoms with E-state index in [1.165, 1.54) is 30.0 Å². The molecule has 0 bridgehead atoms. The molecule has 0 aromatic heterocycles. The van der Waals surface area contributed by atoms with E-state index >= 15 is 0 Å². The summed E-state index contributed by atoms with van der Waals surface area (Å²) in [5.74, 6) is -0.591. The minimum Gasteiger partial charge on any atom is -0.377 e. The molecule has 340 valence electrons. The summed E-state index contributed by atoms with van der Waals surface area (Å²) in [6.45, 7) is 1.39.